The number of hydrogen-bond acceptors (Lipinski definition) is 2. The molecular weight excluding hydrogens is 249 g/mol. The Balaban J connectivity index is 2.81. The van der Waals surface area contributed by atoms with E-state index in [1.165, 1.54) is 0 Å². The molecule has 0 saturated heterocycles. The lowest BCUT2D eigenvalue weighted by molar-refractivity contribution is -0.138. The van der Waals surface area contributed by atoms with Crippen molar-refractivity contribution in [1.29, 1.82) is 0 Å². The fourth-order valence-corrected chi connectivity index (χ4v) is 1.68. The summed E-state index contributed by atoms with van der Waals surface area (Å²) < 4.78 is 38.9. The molecule has 0 aliphatic heterocycles. The maximum absolute atomic E-state index is 13.3. The largest absolute Gasteiger partial charge is 0.481 e. The third-order valence-corrected chi connectivity index (χ3v) is 2.55. The Morgan fingerprint density at radius 1 is 1.22 bits per heavy atom. The molecule has 100 valence electrons. The van der Waals surface area contributed by atoms with Crippen LogP contribution in [0.3, 0.4) is 0 Å². The molecule has 0 radical (unpaired) electrons. The van der Waals surface area contributed by atoms with Crippen molar-refractivity contribution in [2.45, 2.75) is 25.9 Å². The van der Waals surface area contributed by atoms with Crippen LogP contribution in [0.5, 0.6) is 0 Å². The smallest absolute Gasteiger partial charge is 0.303 e. The molecule has 1 aromatic rings. The van der Waals surface area contributed by atoms with E-state index in [2.05, 4.69) is 0 Å². The van der Waals surface area contributed by atoms with Gasteiger partial charge in [-0.3, -0.25) is 4.79 Å². The lowest BCUT2D eigenvalue weighted by atomic mass is 9.95. The molecule has 0 heterocycles. The van der Waals surface area contributed by atoms with Gasteiger partial charge in [0.15, 0.2) is 11.6 Å². The van der Waals surface area contributed by atoms with Crippen molar-refractivity contribution in [3.05, 3.63) is 35.1 Å². The topological polar surface area (TPSA) is 57.5 Å². The molecule has 0 fully saturated rings. The summed E-state index contributed by atoms with van der Waals surface area (Å²) in [6.07, 6.45) is -1.61. The summed E-state index contributed by atoms with van der Waals surface area (Å²) in [5, 5.41) is 18.2. The predicted octanol–water partition coefficient (Wildman–Crippen LogP) is 2.64. The second-order valence-electron chi connectivity index (χ2n) is 4.24. The Morgan fingerprint density at radius 3 is 2.33 bits per heavy atom. The van der Waals surface area contributed by atoms with Crippen LogP contribution in [0.15, 0.2) is 12.1 Å². The second-order valence-corrected chi connectivity index (χ2v) is 4.24. The minimum absolute atomic E-state index is 0.0473. The van der Waals surface area contributed by atoms with Crippen LogP contribution in [-0.4, -0.2) is 16.2 Å². The SMILES string of the molecule is CC(CC(=O)O)CC(O)c1cc(F)c(F)cc1F. The average Bonchev–Trinajstić information content (AvgIpc) is 2.21. The minimum atomic E-state index is -1.37. The standard InChI is InChI=1S/C12H13F3O3/c1-6(3-12(17)18)2-11(16)7-4-9(14)10(15)5-8(7)13/h4-6,11,16H,2-3H2,1H3,(H,17,18). The van der Waals surface area contributed by atoms with E-state index in [0.717, 1.165) is 0 Å². The number of carboxylic acids is 1. The maximum atomic E-state index is 13.3. The van der Waals surface area contributed by atoms with E-state index in [0.29, 0.717) is 12.1 Å². The highest BCUT2D eigenvalue weighted by molar-refractivity contribution is 5.66. The van der Waals surface area contributed by atoms with Gasteiger partial charge in [-0.1, -0.05) is 6.92 Å². The average molecular weight is 262 g/mol. The van der Waals surface area contributed by atoms with Gasteiger partial charge in [0, 0.05) is 18.1 Å². The number of rotatable bonds is 5. The van der Waals surface area contributed by atoms with Gasteiger partial charge in [0.1, 0.15) is 5.82 Å². The number of aliphatic hydroxyl groups excluding tert-OH is 1. The number of aliphatic hydroxyl groups is 1. The van der Waals surface area contributed by atoms with E-state index in [4.69, 9.17) is 5.11 Å². The molecular formula is C12H13F3O3. The highest BCUT2D eigenvalue weighted by Gasteiger charge is 2.20. The Hall–Kier alpha value is -1.56. The van der Waals surface area contributed by atoms with Crippen molar-refractivity contribution in [1.82, 2.24) is 0 Å². The van der Waals surface area contributed by atoms with Crippen molar-refractivity contribution in [3.8, 4) is 0 Å². The highest BCUT2D eigenvalue weighted by Crippen LogP contribution is 2.26. The molecule has 0 bridgehead atoms. The third kappa shape index (κ3) is 3.73. The Kier molecular flexibility index (Phi) is 4.72. The van der Waals surface area contributed by atoms with Crippen molar-refractivity contribution in [2.24, 2.45) is 5.92 Å². The molecule has 3 nitrogen and oxygen atoms in total. The molecule has 2 N–H and O–H groups in total. The van der Waals surface area contributed by atoms with E-state index in [1.54, 1.807) is 6.92 Å². The zero-order valence-corrected chi connectivity index (χ0v) is 9.66. The molecule has 0 aliphatic carbocycles. The minimum Gasteiger partial charge on any atom is -0.481 e. The van der Waals surface area contributed by atoms with Crippen LogP contribution in [0.25, 0.3) is 0 Å². The number of carboxylic acid groups (broad SMARTS) is 1. The first-order chi connectivity index (χ1) is 8.31. The number of hydrogen-bond donors (Lipinski definition) is 2. The van der Waals surface area contributed by atoms with Gasteiger partial charge in [-0.25, -0.2) is 13.2 Å². The summed E-state index contributed by atoms with van der Waals surface area (Å²) in [4.78, 5) is 10.4. The number of carbonyl (C=O) groups is 1. The van der Waals surface area contributed by atoms with Crippen molar-refractivity contribution < 1.29 is 28.2 Å². The van der Waals surface area contributed by atoms with E-state index in [1.807, 2.05) is 0 Å². The molecule has 2 atom stereocenters. The van der Waals surface area contributed by atoms with Gasteiger partial charge in [0.2, 0.25) is 0 Å². The summed E-state index contributed by atoms with van der Waals surface area (Å²) >= 11 is 0. The van der Waals surface area contributed by atoms with Crippen molar-refractivity contribution >= 4 is 5.97 Å². The fraction of sp³-hybridized carbons (Fsp3) is 0.417. The normalized spacial score (nSPS) is 14.3. The fourth-order valence-electron chi connectivity index (χ4n) is 1.68. The van der Waals surface area contributed by atoms with Crippen molar-refractivity contribution in [3.63, 3.8) is 0 Å². The van der Waals surface area contributed by atoms with Crippen LogP contribution < -0.4 is 0 Å². The van der Waals surface area contributed by atoms with E-state index in [9.17, 15) is 23.1 Å². The number of halogens is 3. The number of aliphatic carboxylic acids is 1. The zero-order chi connectivity index (χ0) is 13.9. The van der Waals surface area contributed by atoms with Crippen molar-refractivity contribution in [2.75, 3.05) is 0 Å². The second kappa shape index (κ2) is 5.86. The van der Waals surface area contributed by atoms with Gasteiger partial charge in [0.25, 0.3) is 0 Å². The van der Waals surface area contributed by atoms with Crippen LogP contribution in [0.1, 0.15) is 31.4 Å². The zero-order valence-electron chi connectivity index (χ0n) is 9.66. The van der Waals surface area contributed by atoms with Crippen LogP contribution in [0.4, 0.5) is 13.2 Å². The summed E-state index contributed by atoms with van der Waals surface area (Å²) in [6, 6.07) is 0.943. The monoisotopic (exact) mass is 262 g/mol. The Bertz CT molecular complexity index is 448. The summed E-state index contributed by atoms with van der Waals surface area (Å²) in [6.45, 7) is 1.56. The van der Waals surface area contributed by atoms with E-state index < -0.39 is 35.4 Å². The number of benzene rings is 1. The molecule has 0 amide bonds. The Morgan fingerprint density at radius 2 is 1.78 bits per heavy atom. The third-order valence-electron chi connectivity index (χ3n) is 2.55. The quantitative estimate of drug-likeness (QED) is 0.802. The lowest BCUT2D eigenvalue weighted by Crippen LogP contribution is -2.11. The van der Waals surface area contributed by atoms with Crippen LogP contribution in [0.2, 0.25) is 0 Å². The molecule has 0 spiro atoms. The van der Waals surface area contributed by atoms with Crippen LogP contribution in [-0.2, 0) is 4.79 Å². The first kappa shape index (κ1) is 14.5. The Labute approximate surface area is 102 Å². The molecule has 0 aliphatic rings. The summed E-state index contributed by atoms with van der Waals surface area (Å²) in [5.41, 5.74) is -0.369. The van der Waals surface area contributed by atoms with E-state index >= 15 is 0 Å². The summed E-state index contributed by atoms with van der Waals surface area (Å²) in [5.74, 6) is -5.09. The van der Waals surface area contributed by atoms with E-state index in [-0.39, 0.29) is 18.4 Å². The van der Waals surface area contributed by atoms with Gasteiger partial charge in [-0.15, -0.1) is 0 Å². The van der Waals surface area contributed by atoms with Crippen LogP contribution in [0, 0.1) is 23.4 Å². The molecule has 2 unspecified atom stereocenters. The first-order valence-electron chi connectivity index (χ1n) is 5.35. The summed E-state index contributed by atoms with van der Waals surface area (Å²) in [7, 11) is 0. The van der Waals surface area contributed by atoms with Gasteiger partial charge < -0.3 is 10.2 Å². The molecule has 0 saturated carbocycles. The molecule has 6 heteroatoms. The molecule has 18 heavy (non-hydrogen) atoms. The van der Waals surface area contributed by atoms with Crippen LogP contribution >= 0.6 is 0 Å². The molecule has 1 aromatic carbocycles. The highest BCUT2D eigenvalue weighted by atomic mass is 19.2. The maximum Gasteiger partial charge on any atom is 0.303 e. The predicted molar refractivity (Wildman–Crippen MR) is 57.3 cm³/mol. The lowest BCUT2D eigenvalue weighted by Gasteiger charge is -2.16. The first-order valence-corrected chi connectivity index (χ1v) is 5.35. The van der Waals surface area contributed by atoms with Gasteiger partial charge >= 0.3 is 5.97 Å². The molecule has 1 rings (SSSR count). The van der Waals surface area contributed by atoms with Gasteiger partial charge in [-0.2, -0.15) is 0 Å². The van der Waals surface area contributed by atoms with Gasteiger partial charge in [0.05, 0.1) is 6.10 Å². The van der Waals surface area contributed by atoms with Gasteiger partial charge in [-0.05, 0) is 18.4 Å². The molecule has 0 aromatic heterocycles.